The van der Waals surface area contributed by atoms with Gasteiger partial charge in [-0.1, -0.05) is 37.8 Å². The number of hydrogen-bond donors (Lipinski definition) is 1. The topological polar surface area (TPSA) is 85.5 Å². The first-order valence-electron chi connectivity index (χ1n) is 7.79. The van der Waals surface area contributed by atoms with Crippen LogP contribution in [0.4, 0.5) is 0 Å². The number of aliphatic carboxylic acids is 1. The zero-order valence-electron chi connectivity index (χ0n) is 12.6. The highest BCUT2D eigenvalue weighted by Gasteiger charge is 2.40. The van der Waals surface area contributed by atoms with Crippen LogP contribution in [0.1, 0.15) is 63.6 Å². The van der Waals surface area contributed by atoms with E-state index in [1.54, 1.807) is 0 Å². The molecule has 1 aliphatic rings. The van der Waals surface area contributed by atoms with Gasteiger partial charge in [0, 0.05) is 13.0 Å². The molecule has 0 atom stereocenters. The van der Waals surface area contributed by atoms with Gasteiger partial charge in [-0.15, -0.1) is 0 Å². The molecule has 0 aromatic carbocycles. The van der Waals surface area contributed by atoms with Crippen LogP contribution in [0, 0.1) is 5.41 Å². The Morgan fingerprint density at radius 3 is 2.67 bits per heavy atom. The number of carboxylic acid groups (broad SMARTS) is 1. The zero-order chi connectivity index (χ0) is 15.1. The van der Waals surface area contributed by atoms with Gasteiger partial charge in [-0.3, -0.25) is 4.79 Å². The van der Waals surface area contributed by atoms with E-state index in [-0.39, 0.29) is 0 Å². The summed E-state index contributed by atoms with van der Waals surface area (Å²) < 4.78 is 10.6. The summed E-state index contributed by atoms with van der Waals surface area (Å²) in [6, 6.07) is 0. The van der Waals surface area contributed by atoms with Crippen LogP contribution in [0.2, 0.25) is 0 Å². The molecule has 0 spiro atoms. The van der Waals surface area contributed by atoms with Crippen molar-refractivity contribution < 1.29 is 19.2 Å². The minimum absolute atomic E-state index is 0.317. The summed E-state index contributed by atoms with van der Waals surface area (Å²) in [5.74, 6) is 0.161. The third-order valence-corrected chi connectivity index (χ3v) is 4.09. The van der Waals surface area contributed by atoms with E-state index < -0.39 is 11.4 Å². The Balaban J connectivity index is 2.01. The monoisotopic (exact) mass is 296 g/mol. The van der Waals surface area contributed by atoms with Gasteiger partial charge < -0.3 is 14.4 Å². The molecular formula is C15H24N2O4. The average Bonchev–Trinajstić information content (AvgIpc) is 2.75. The fraction of sp³-hybridized carbons (Fsp3) is 0.800. The molecule has 2 rings (SSSR count). The molecule has 6 nitrogen and oxygen atoms in total. The van der Waals surface area contributed by atoms with Gasteiger partial charge in [-0.05, 0) is 19.3 Å². The van der Waals surface area contributed by atoms with Crippen LogP contribution < -0.4 is 0 Å². The van der Waals surface area contributed by atoms with Gasteiger partial charge in [0.05, 0.1) is 5.41 Å². The molecule has 1 aromatic heterocycles. The first-order chi connectivity index (χ1) is 10.2. The van der Waals surface area contributed by atoms with E-state index in [0.29, 0.717) is 44.2 Å². The predicted molar refractivity (Wildman–Crippen MR) is 75.7 cm³/mol. The molecule has 1 saturated carbocycles. The standard InChI is InChI=1S/C15H24N2O4/c1-2-9-20-11-12-16-13(21-17-12)10-15(14(18)19)7-5-3-4-6-8-15/h2-11H2,1H3,(H,18,19). The Morgan fingerprint density at radius 1 is 1.33 bits per heavy atom. The van der Waals surface area contributed by atoms with Gasteiger partial charge in [-0.25, -0.2) is 0 Å². The van der Waals surface area contributed by atoms with Crippen LogP contribution in [0.5, 0.6) is 0 Å². The molecule has 1 aliphatic carbocycles. The molecule has 1 heterocycles. The summed E-state index contributed by atoms with van der Waals surface area (Å²) in [5.41, 5.74) is -0.745. The van der Waals surface area contributed by atoms with Gasteiger partial charge >= 0.3 is 5.97 Å². The van der Waals surface area contributed by atoms with Crippen LogP contribution in [0.15, 0.2) is 4.52 Å². The Labute approximate surface area is 124 Å². The lowest BCUT2D eigenvalue weighted by Crippen LogP contribution is -2.33. The number of nitrogens with zero attached hydrogens (tertiary/aromatic N) is 2. The van der Waals surface area contributed by atoms with Crippen molar-refractivity contribution in [1.82, 2.24) is 10.1 Å². The number of rotatable bonds is 7. The first kappa shape index (κ1) is 15.9. The summed E-state index contributed by atoms with van der Waals surface area (Å²) in [5, 5.41) is 13.5. The molecule has 0 amide bonds. The van der Waals surface area contributed by atoms with Crippen molar-refractivity contribution >= 4 is 5.97 Å². The molecule has 1 fully saturated rings. The van der Waals surface area contributed by atoms with Crippen molar-refractivity contribution in [3.8, 4) is 0 Å². The van der Waals surface area contributed by atoms with Crippen molar-refractivity contribution in [3.63, 3.8) is 0 Å². The van der Waals surface area contributed by atoms with Crippen LogP contribution >= 0.6 is 0 Å². The lowest BCUT2D eigenvalue weighted by Gasteiger charge is -2.26. The second-order valence-corrected chi connectivity index (χ2v) is 5.83. The van der Waals surface area contributed by atoms with Crippen molar-refractivity contribution in [2.24, 2.45) is 5.41 Å². The molecule has 21 heavy (non-hydrogen) atoms. The van der Waals surface area contributed by atoms with Crippen LogP contribution in [0.3, 0.4) is 0 Å². The Bertz CT molecular complexity index is 450. The lowest BCUT2D eigenvalue weighted by molar-refractivity contribution is -0.150. The molecule has 6 heteroatoms. The number of aromatic nitrogens is 2. The van der Waals surface area contributed by atoms with Gasteiger partial charge in [-0.2, -0.15) is 4.98 Å². The van der Waals surface area contributed by atoms with Gasteiger partial charge in [0.1, 0.15) is 6.61 Å². The quantitative estimate of drug-likeness (QED) is 0.615. The summed E-state index contributed by atoms with van der Waals surface area (Å²) in [7, 11) is 0. The second-order valence-electron chi connectivity index (χ2n) is 5.83. The molecule has 0 saturated heterocycles. The Morgan fingerprint density at radius 2 is 2.05 bits per heavy atom. The van der Waals surface area contributed by atoms with E-state index in [9.17, 15) is 9.90 Å². The summed E-state index contributed by atoms with van der Waals surface area (Å²) in [6.45, 7) is 3.00. The molecule has 0 bridgehead atoms. The van der Waals surface area contributed by atoms with Gasteiger partial charge in [0.25, 0.3) is 0 Å². The molecule has 0 unspecified atom stereocenters. The molecule has 1 aromatic rings. The maximum absolute atomic E-state index is 11.7. The highest BCUT2D eigenvalue weighted by Crippen LogP contribution is 2.38. The first-order valence-corrected chi connectivity index (χ1v) is 7.79. The van der Waals surface area contributed by atoms with Crippen molar-refractivity contribution in [2.45, 2.75) is 64.9 Å². The van der Waals surface area contributed by atoms with Crippen molar-refractivity contribution in [1.29, 1.82) is 0 Å². The van der Waals surface area contributed by atoms with Crippen molar-refractivity contribution in [2.75, 3.05) is 6.61 Å². The minimum atomic E-state index is -0.745. The van der Waals surface area contributed by atoms with E-state index in [1.165, 1.54) is 0 Å². The van der Waals surface area contributed by atoms with E-state index in [4.69, 9.17) is 9.26 Å². The summed E-state index contributed by atoms with van der Waals surface area (Å²) in [4.78, 5) is 16.0. The molecule has 0 radical (unpaired) electrons. The van der Waals surface area contributed by atoms with Gasteiger partial charge in [0.2, 0.25) is 5.89 Å². The largest absolute Gasteiger partial charge is 0.481 e. The minimum Gasteiger partial charge on any atom is -0.481 e. The van der Waals surface area contributed by atoms with Crippen molar-refractivity contribution in [3.05, 3.63) is 11.7 Å². The number of hydrogen-bond acceptors (Lipinski definition) is 5. The summed E-state index contributed by atoms with van der Waals surface area (Å²) in [6.07, 6.45) is 6.75. The third-order valence-electron chi connectivity index (χ3n) is 4.09. The maximum Gasteiger partial charge on any atom is 0.310 e. The van der Waals surface area contributed by atoms with E-state index in [2.05, 4.69) is 10.1 Å². The van der Waals surface area contributed by atoms with Crippen LogP contribution in [-0.2, 0) is 22.6 Å². The Kier molecular flexibility index (Phi) is 5.73. The normalized spacial score (nSPS) is 18.3. The second kappa shape index (κ2) is 7.54. The number of carboxylic acids is 1. The smallest absolute Gasteiger partial charge is 0.310 e. The molecule has 0 aliphatic heterocycles. The maximum atomic E-state index is 11.7. The van der Waals surface area contributed by atoms with E-state index in [1.807, 2.05) is 6.92 Å². The SMILES string of the molecule is CCCOCc1noc(CC2(C(=O)O)CCCCCC2)n1. The highest BCUT2D eigenvalue weighted by molar-refractivity contribution is 5.74. The lowest BCUT2D eigenvalue weighted by atomic mass is 9.77. The Hall–Kier alpha value is -1.43. The fourth-order valence-corrected chi connectivity index (χ4v) is 2.89. The van der Waals surface area contributed by atoms with Gasteiger partial charge in [0.15, 0.2) is 5.82 Å². The fourth-order valence-electron chi connectivity index (χ4n) is 2.89. The third kappa shape index (κ3) is 4.27. The van der Waals surface area contributed by atoms with Crippen LogP contribution in [0.25, 0.3) is 0 Å². The highest BCUT2D eigenvalue weighted by atomic mass is 16.5. The number of ether oxygens (including phenoxy) is 1. The van der Waals surface area contributed by atoms with E-state index >= 15 is 0 Å². The molecule has 1 N–H and O–H groups in total. The number of carbonyl (C=O) groups is 1. The zero-order valence-corrected chi connectivity index (χ0v) is 12.6. The summed E-state index contributed by atoms with van der Waals surface area (Å²) >= 11 is 0. The predicted octanol–water partition coefficient (Wildman–Crippen LogP) is 2.96. The average molecular weight is 296 g/mol. The molecular weight excluding hydrogens is 272 g/mol. The molecule has 118 valence electrons. The van der Waals surface area contributed by atoms with E-state index in [0.717, 1.165) is 32.1 Å². The van der Waals surface area contributed by atoms with Crippen LogP contribution in [-0.4, -0.2) is 27.8 Å².